The van der Waals surface area contributed by atoms with Crippen LogP contribution >= 0.6 is 0 Å². The normalized spacial score (nSPS) is 10.7. The topological polar surface area (TPSA) is 81.8 Å². The van der Waals surface area contributed by atoms with Gasteiger partial charge in [-0.2, -0.15) is 0 Å². The summed E-state index contributed by atoms with van der Waals surface area (Å²) in [4.78, 5) is 10.9. The lowest BCUT2D eigenvalue weighted by Crippen LogP contribution is -2.09. The van der Waals surface area contributed by atoms with E-state index >= 15 is 0 Å². The molecule has 0 heterocycles. The number of rotatable bonds is 8. The molecule has 0 aliphatic heterocycles. The highest BCUT2D eigenvalue weighted by Crippen LogP contribution is 2.19. The van der Waals surface area contributed by atoms with Crippen LogP contribution in [0.5, 0.6) is 5.75 Å². The molecule has 0 saturated carbocycles. The third kappa shape index (κ3) is 5.61. The molecule has 0 saturated heterocycles. The maximum Gasteiger partial charge on any atom is 0.337 e. The van der Waals surface area contributed by atoms with Crippen LogP contribution in [0.4, 0.5) is 5.69 Å². The Labute approximate surface area is 113 Å². The lowest BCUT2D eigenvalue weighted by molar-refractivity contribution is 0.0697. The number of carboxylic acid groups (broad SMARTS) is 1. The van der Waals surface area contributed by atoms with E-state index in [0.717, 1.165) is 6.42 Å². The number of carboxylic acids is 1. The second-order valence-electron chi connectivity index (χ2n) is 4.70. The Balaban J connectivity index is 2.34. The van der Waals surface area contributed by atoms with Gasteiger partial charge in [0.25, 0.3) is 0 Å². The van der Waals surface area contributed by atoms with Crippen molar-refractivity contribution >= 4 is 11.7 Å². The Morgan fingerprint density at radius 3 is 2.68 bits per heavy atom. The van der Waals surface area contributed by atoms with Crippen LogP contribution in [-0.2, 0) is 4.74 Å². The molecular formula is C14H21NO4. The Morgan fingerprint density at radius 1 is 1.32 bits per heavy atom. The molecule has 5 heteroatoms. The summed E-state index contributed by atoms with van der Waals surface area (Å²) in [6, 6.07) is 4.60. The Kier molecular flexibility index (Phi) is 6.15. The predicted octanol–water partition coefficient (Wildman–Crippen LogP) is 2.41. The molecule has 1 aromatic rings. The minimum atomic E-state index is -1.06. The van der Waals surface area contributed by atoms with Crippen LogP contribution in [0.15, 0.2) is 18.2 Å². The number of nitrogen functional groups attached to an aromatic ring is 1. The molecule has 0 aliphatic carbocycles. The molecule has 1 aromatic carbocycles. The summed E-state index contributed by atoms with van der Waals surface area (Å²) in [6.45, 7) is 5.87. The number of hydrogen-bond donors (Lipinski definition) is 2. The van der Waals surface area contributed by atoms with Crippen LogP contribution in [0.3, 0.4) is 0 Å². The quantitative estimate of drug-likeness (QED) is 0.558. The average Bonchev–Trinajstić information content (AvgIpc) is 2.34. The van der Waals surface area contributed by atoms with E-state index in [4.69, 9.17) is 20.3 Å². The molecular weight excluding hydrogens is 246 g/mol. The van der Waals surface area contributed by atoms with Crippen molar-refractivity contribution in [3.8, 4) is 5.75 Å². The summed E-state index contributed by atoms with van der Waals surface area (Å²) in [7, 11) is 0. The van der Waals surface area contributed by atoms with E-state index in [-0.39, 0.29) is 11.3 Å². The van der Waals surface area contributed by atoms with Gasteiger partial charge in [0.15, 0.2) is 0 Å². The van der Waals surface area contributed by atoms with Gasteiger partial charge < -0.3 is 20.3 Å². The maximum absolute atomic E-state index is 10.9. The molecule has 3 N–H and O–H groups in total. The molecule has 0 fully saturated rings. The van der Waals surface area contributed by atoms with Gasteiger partial charge in [0.05, 0.1) is 12.2 Å². The summed E-state index contributed by atoms with van der Waals surface area (Å²) in [5.74, 6) is 0.0475. The van der Waals surface area contributed by atoms with Crippen molar-refractivity contribution in [3.05, 3.63) is 23.8 Å². The van der Waals surface area contributed by atoms with Gasteiger partial charge in [-0.05, 0) is 30.5 Å². The Morgan fingerprint density at radius 2 is 2.05 bits per heavy atom. The highest BCUT2D eigenvalue weighted by Gasteiger charge is 2.09. The third-order valence-electron chi connectivity index (χ3n) is 2.59. The van der Waals surface area contributed by atoms with Gasteiger partial charge in [0.1, 0.15) is 12.4 Å². The SMILES string of the molecule is CC(C)CCOCCOc1ccc(N)c(C(=O)O)c1. The number of nitrogens with two attached hydrogens (primary N) is 1. The standard InChI is InChI=1S/C14H21NO4/c1-10(2)5-6-18-7-8-19-11-3-4-13(15)12(9-11)14(16)17/h3-4,9-10H,5-8,15H2,1-2H3,(H,16,17). The van der Waals surface area contributed by atoms with Gasteiger partial charge in [-0.15, -0.1) is 0 Å². The fourth-order valence-electron chi connectivity index (χ4n) is 1.45. The van der Waals surface area contributed by atoms with E-state index < -0.39 is 5.97 Å². The Bertz CT molecular complexity index is 418. The van der Waals surface area contributed by atoms with E-state index in [0.29, 0.717) is 31.5 Å². The first kappa shape index (κ1) is 15.3. The molecule has 0 atom stereocenters. The molecule has 0 radical (unpaired) electrons. The van der Waals surface area contributed by atoms with Gasteiger partial charge in [-0.25, -0.2) is 4.79 Å². The van der Waals surface area contributed by atoms with E-state index in [1.165, 1.54) is 12.1 Å². The maximum atomic E-state index is 10.9. The third-order valence-corrected chi connectivity index (χ3v) is 2.59. The summed E-state index contributed by atoms with van der Waals surface area (Å²) in [5.41, 5.74) is 5.84. The summed E-state index contributed by atoms with van der Waals surface area (Å²) in [5, 5.41) is 8.92. The van der Waals surface area contributed by atoms with Crippen molar-refractivity contribution in [1.82, 2.24) is 0 Å². The van der Waals surface area contributed by atoms with Crippen molar-refractivity contribution in [2.75, 3.05) is 25.6 Å². The predicted molar refractivity (Wildman–Crippen MR) is 73.6 cm³/mol. The number of aromatic carboxylic acids is 1. The molecule has 0 amide bonds. The van der Waals surface area contributed by atoms with Gasteiger partial charge in [-0.3, -0.25) is 0 Å². The van der Waals surface area contributed by atoms with E-state index in [1.54, 1.807) is 6.07 Å². The van der Waals surface area contributed by atoms with Crippen LogP contribution in [0.25, 0.3) is 0 Å². The van der Waals surface area contributed by atoms with Crippen molar-refractivity contribution in [3.63, 3.8) is 0 Å². The van der Waals surface area contributed by atoms with E-state index in [9.17, 15) is 4.79 Å². The number of hydrogen-bond acceptors (Lipinski definition) is 4. The lowest BCUT2D eigenvalue weighted by atomic mass is 10.1. The van der Waals surface area contributed by atoms with Crippen molar-refractivity contribution in [1.29, 1.82) is 0 Å². The minimum absolute atomic E-state index is 0.0539. The monoisotopic (exact) mass is 267 g/mol. The van der Waals surface area contributed by atoms with Crippen molar-refractivity contribution in [2.24, 2.45) is 5.92 Å². The summed E-state index contributed by atoms with van der Waals surface area (Å²) in [6.07, 6.45) is 1.02. The first-order valence-electron chi connectivity index (χ1n) is 6.34. The second-order valence-corrected chi connectivity index (χ2v) is 4.70. The molecule has 0 aromatic heterocycles. The highest BCUT2D eigenvalue weighted by atomic mass is 16.5. The smallest absolute Gasteiger partial charge is 0.337 e. The van der Waals surface area contributed by atoms with Crippen molar-refractivity contribution in [2.45, 2.75) is 20.3 Å². The molecule has 0 bridgehead atoms. The first-order valence-corrected chi connectivity index (χ1v) is 6.34. The summed E-state index contributed by atoms with van der Waals surface area (Å²) >= 11 is 0. The second kappa shape index (κ2) is 7.63. The highest BCUT2D eigenvalue weighted by molar-refractivity contribution is 5.94. The van der Waals surface area contributed by atoms with Gasteiger partial charge >= 0.3 is 5.97 Å². The fraction of sp³-hybridized carbons (Fsp3) is 0.500. The number of anilines is 1. The van der Waals surface area contributed by atoms with Gasteiger partial charge in [0.2, 0.25) is 0 Å². The first-order chi connectivity index (χ1) is 9.00. The number of carbonyl (C=O) groups is 1. The molecule has 106 valence electrons. The molecule has 0 unspecified atom stereocenters. The number of benzene rings is 1. The van der Waals surface area contributed by atoms with Crippen LogP contribution in [-0.4, -0.2) is 30.9 Å². The Hall–Kier alpha value is -1.75. The van der Waals surface area contributed by atoms with Crippen molar-refractivity contribution < 1.29 is 19.4 Å². The zero-order chi connectivity index (χ0) is 14.3. The summed E-state index contributed by atoms with van der Waals surface area (Å²) < 4.78 is 10.8. The molecule has 0 spiro atoms. The molecule has 19 heavy (non-hydrogen) atoms. The van der Waals surface area contributed by atoms with Crippen LogP contribution in [0, 0.1) is 5.92 Å². The van der Waals surface area contributed by atoms with E-state index in [2.05, 4.69) is 13.8 Å². The average molecular weight is 267 g/mol. The van der Waals surface area contributed by atoms with E-state index in [1.807, 2.05) is 0 Å². The van der Waals surface area contributed by atoms with Crippen LogP contribution in [0.2, 0.25) is 0 Å². The molecule has 1 rings (SSSR count). The molecule has 0 aliphatic rings. The fourth-order valence-corrected chi connectivity index (χ4v) is 1.45. The zero-order valence-corrected chi connectivity index (χ0v) is 11.4. The van der Waals surface area contributed by atoms with Crippen LogP contribution in [0.1, 0.15) is 30.6 Å². The lowest BCUT2D eigenvalue weighted by Gasteiger charge is -2.09. The molecule has 5 nitrogen and oxygen atoms in total. The van der Waals surface area contributed by atoms with Gasteiger partial charge in [0, 0.05) is 12.3 Å². The minimum Gasteiger partial charge on any atom is -0.491 e. The van der Waals surface area contributed by atoms with Crippen LogP contribution < -0.4 is 10.5 Å². The van der Waals surface area contributed by atoms with Gasteiger partial charge in [-0.1, -0.05) is 13.8 Å². The largest absolute Gasteiger partial charge is 0.491 e. The number of ether oxygens (including phenoxy) is 2. The zero-order valence-electron chi connectivity index (χ0n) is 11.4.